The van der Waals surface area contributed by atoms with Crippen molar-refractivity contribution in [3.63, 3.8) is 0 Å². The summed E-state index contributed by atoms with van der Waals surface area (Å²) in [6.45, 7) is 0.237. The second-order valence-electron chi connectivity index (χ2n) is 5.32. The van der Waals surface area contributed by atoms with Crippen LogP contribution in [0, 0.1) is 0 Å². The van der Waals surface area contributed by atoms with Gasteiger partial charge in [-0.2, -0.15) is 4.31 Å². The monoisotopic (exact) mass is 487 g/mol. The van der Waals surface area contributed by atoms with Crippen molar-refractivity contribution < 1.29 is 22.7 Å². The van der Waals surface area contributed by atoms with E-state index in [2.05, 4.69) is 26.0 Å². The first-order valence-electron chi connectivity index (χ1n) is 7.41. The molecule has 0 aliphatic carbocycles. The van der Waals surface area contributed by atoms with E-state index >= 15 is 0 Å². The van der Waals surface area contributed by atoms with Crippen molar-refractivity contribution in [3.05, 3.63) is 26.7 Å². The topological polar surface area (TPSA) is 96.0 Å². The Labute approximate surface area is 169 Å². The summed E-state index contributed by atoms with van der Waals surface area (Å²) in [6, 6.07) is 2.44. The fraction of sp³-hybridized carbons (Fsp3) is 0.429. The first-order valence-corrected chi connectivity index (χ1v) is 10.4. The summed E-state index contributed by atoms with van der Waals surface area (Å²) in [7, 11) is -2.68. The number of nitrogens with one attached hydrogen (secondary N) is 1. The predicted molar refractivity (Wildman–Crippen MR) is 99.9 cm³/mol. The van der Waals surface area contributed by atoms with Crippen LogP contribution in [0.15, 0.2) is 21.5 Å². The van der Waals surface area contributed by atoms with Gasteiger partial charge in [0.1, 0.15) is 11.4 Å². The number of hydrogen-bond acceptors (Lipinski definition) is 5. The standard InChI is InChI=1S/C14H16BrCl2N3O5S/c1-25-12(21)8-18-14(22)19-2-4-20(5-3-19)26(23,24)13-10(16)6-9(15)7-11(13)17/h6-7H,2-5,8H2,1H3,(H,18,22). The van der Waals surface area contributed by atoms with E-state index in [0.717, 1.165) is 0 Å². The number of hydrogen-bond donors (Lipinski definition) is 1. The number of amides is 2. The van der Waals surface area contributed by atoms with Crippen molar-refractivity contribution in [3.8, 4) is 0 Å². The number of carbonyl (C=O) groups excluding carboxylic acids is 2. The van der Waals surface area contributed by atoms with Gasteiger partial charge in [0, 0.05) is 30.7 Å². The molecule has 1 saturated heterocycles. The second kappa shape index (κ2) is 8.75. The Morgan fingerprint density at radius 3 is 2.23 bits per heavy atom. The zero-order valence-corrected chi connectivity index (χ0v) is 17.6. The third-order valence-electron chi connectivity index (χ3n) is 3.70. The van der Waals surface area contributed by atoms with Gasteiger partial charge in [-0.3, -0.25) is 4.79 Å². The smallest absolute Gasteiger partial charge is 0.325 e. The van der Waals surface area contributed by atoms with Crippen molar-refractivity contribution >= 4 is 61.2 Å². The highest BCUT2D eigenvalue weighted by molar-refractivity contribution is 9.10. The molecule has 1 aromatic rings. The molecule has 26 heavy (non-hydrogen) atoms. The van der Waals surface area contributed by atoms with Gasteiger partial charge in [-0.15, -0.1) is 0 Å². The van der Waals surface area contributed by atoms with E-state index in [9.17, 15) is 18.0 Å². The van der Waals surface area contributed by atoms with Crippen molar-refractivity contribution in [1.29, 1.82) is 0 Å². The molecular formula is C14H16BrCl2N3O5S. The highest BCUT2D eigenvalue weighted by Crippen LogP contribution is 2.34. The summed E-state index contributed by atoms with van der Waals surface area (Å²) in [4.78, 5) is 24.3. The summed E-state index contributed by atoms with van der Waals surface area (Å²) < 4.78 is 31.9. The molecule has 0 radical (unpaired) electrons. The van der Waals surface area contributed by atoms with Gasteiger partial charge in [0.15, 0.2) is 0 Å². The summed E-state index contributed by atoms with van der Waals surface area (Å²) in [5.41, 5.74) is 0. The summed E-state index contributed by atoms with van der Waals surface area (Å²) in [5.74, 6) is -0.570. The van der Waals surface area contributed by atoms with Gasteiger partial charge >= 0.3 is 12.0 Å². The molecule has 1 aliphatic heterocycles. The van der Waals surface area contributed by atoms with Crippen LogP contribution in [0.25, 0.3) is 0 Å². The van der Waals surface area contributed by atoms with E-state index in [1.807, 2.05) is 0 Å². The third kappa shape index (κ3) is 4.80. The van der Waals surface area contributed by atoms with Gasteiger partial charge in [-0.1, -0.05) is 39.1 Å². The van der Waals surface area contributed by atoms with E-state index in [1.54, 1.807) is 0 Å². The third-order valence-corrected chi connectivity index (χ3v) is 6.98. The molecule has 2 amide bonds. The van der Waals surface area contributed by atoms with Crippen LogP contribution in [0.1, 0.15) is 0 Å². The number of methoxy groups -OCH3 is 1. The van der Waals surface area contributed by atoms with Crippen LogP contribution in [-0.2, 0) is 19.6 Å². The van der Waals surface area contributed by atoms with Crippen LogP contribution in [0.4, 0.5) is 4.79 Å². The minimum absolute atomic E-state index is 0.0163. The first-order chi connectivity index (χ1) is 12.2. The molecule has 0 saturated carbocycles. The Bertz CT molecular complexity index is 790. The lowest BCUT2D eigenvalue weighted by molar-refractivity contribution is -0.139. The fourth-order valence-electron chi connectivity index (χ4n) is 2.37. The lowest BCUT2D eigenvalue weighted by Gasteiger charge is -2.34. The largest absolute Gasteiger partial charge is 0.468 e. The number of sulfonamides is 1. The van der Waals surface area contributed by atoms with E-state index in [1.165, 1.54) is 28.4 Å². The molecular weight excluding hydrogens is 473 g/mol. The Morgan fingerprint density at radius 1 is 1.19 bits per heavy atom. The van der Waals surface area contributed by atoms with Gasteiger partial charge in [0.2, 0.25) is 10.0 Å². The number of rotatable bonds is 4. The minimum Gasteiger partial charge on any atom is -0.468 e. The molecule has 0 unspecified atom stereocenters. The normalized spacial score (nSPS) is 15.6. The summed E-state index contributed by atoms with van der Waals surface area (Å²) in [5, 5.41) is 2.44. The highest BCUT2D eigenvalue weighted by Gasteiger charge is 2.33. The zero-order chi connectivity index (χ0) is 19.5. The average molecular weight is 489 g/mol. The molecule has 2 rings (SSSR count). The summed E-state index contributed by atoms with van der Waals surface area (Å²) >= 11 is 15.3. The number of piperazine rings is 1. The maximum atomic E-state index is 12.8. The van der Waals surface area contributed by atoms with Crippen molar-refractivity contribution in [2.75, 3.05) is 39.8 Å². The van der Waals surface area contributed by atoms with Crippen LogP contribution >= 0.6 is 39.1 Å². The number of esters is 1. The number of ether oxygens (including phenoxy) is 1. The Morgan fingerprint density at radius 2 is 1.73 bits per heavy atom. The Balaban J connectivity index is 2.05. The summed E-state index contributed by atoms with van der Waals surface area (Å²) in [6.07, 6.45) is 0. The molecule has 1 aliphatic rings. The van der Waals surface area contributed by atoms with E-state index in [0.29, 0.717) is 4.47 Å². The molecule has 0 atom stereocenters. The lowest BCUT2D eigenvalue weighted by Crippen LogP contribution is -2.53. The predicted octanol–water partition coefficient (Wildman–Crippen LogP) is 1.94. The van der Waals surface area contributed by atoms with Crippen molar-refractivity contribution in [2.45, 2.75) is 4.90 Å². The molecule has 0 spiro atoms. The van der Waals surface area contributed by atoms with Crippen molar-refractivity contribution in [2.24, 2.45) is 0 Å². The van der Waals surface area contributed by atoms with E-state index < -0.39 is 22.0 Å². The second-order valence-corrected chi connectivity index (χ2v) is 8.93. The van der Waals surface area contributed by atoms with Crippen LogP contribution < -0.4 is 5.32 Å². The van der Waals surface area contributed by atoms with Crippen LogP contribution in [-0.4, -0.2) is 69.5 Å². The highest BCUT2D eigenvalue weighted by atomic mass is 79.9. The molecule has 12 heteroatoms. The Hall–Kier alpha value is -1.07. The number of halogens is 3. The van der Waals surface area contributed by atoms with Crippen LogP contribution in [0.3, 0.4) is 0 Å². The van der Waals surface area contributed by atoms with Crippen LogP contribution in [0.2, 0.25) is 10.0 Å². The van der Waals surface area contributed by atoms with Gasteiger partial charge in [0.05, 0.1) is 17.2 Å². The molecule has 0 aromatic heterocycles. The lowest BCUT2D eigenvalue weighted by atomic mass is 10.4. The van der Waals surface area contributed by atoms with Gasteiger partial charge in [-0.05, 0) is 12.1 Å². The zero-order valence-electron chi connectivity index (χ0n) is 13.7. The number of carbonyl (C=O) groups is 2. The molecule has 8 nitrogen and oxygen atoms in total. The van der Waals surface area contributed by atoms with Gasteiger partial charge in [-0.25, -0.2) is 13.2 Å². The minimum atomic E-state index is -3.90. The first kappa shape index (κ1) is 21.2. The SMILES string of the molecule is COC(=O)CNC(=O)N1CCN(S(=O)(=O)c2c(Cl)cc(Br)cc2Cl)CC1. The molecule has 0 bridgehead atoms. The quantitative estimate of drug-likeness (QED) is 0.653. The average Bonchev–Trinajstić information content (AvgIpc) is 2.58. The Kier molecular flexibility index (Phi) is 7.14. The number of urea groups is 1. The molecule has 1 heterocycles. The maximum Gasteiger partial charge on any atom is 0.325 e. The van der Waals surface area contributed by atoms with Crippen molar-refractivity contribution in [1.82, 2.24) is 14.5 Å². The number of benzene rings is 1. The molecule has 1 fully saturated rings. The molecule has 1 N–H and O–H groups in total. The van der Waals surface area contributed by atoms with Gasteiger partial charge in [0.25, 0.3) is 0 Å². The van der Waals surface area contributed by atoms with E-state index in [4.69, 9.17) is 23.2 Å². The van der Waals surface area contributed by atoms with Crippen LogP contribution in [0.5, 0.6) is 0 Å². The molecule has 144 valence electrons. The fourth-order valence-corrected chi connectivity index (χ4v) is 5.67. The van der Waals surface area contributed by atoms with Gasteiger partial charge < -0.3 is 15.0 Å². The number of nitrogens with zero attached hydrogens (tertiary/aromatic N) is 2. The maximum absolute atomic E-state index is 12.8. The van der Waals surface area contributed by atoms with E-state index in [-0.39, 0.29) is 47.7 Å². The molecule has 1 aromatic carbocycles.